The summed E-state index contributed by atoms with van der Waals surface area (Å²) in [5.41, 5.74) is 15.3. The van der Waals surface area contributed by atoms with Gasteiger partial charge in [-0.2, -0.15) is 0 Å². The summed E-state index contributed by atoms with van der Waals surface area (Å²) in [6.07, 6.45) is 0. The van der Waals surface area contributed by atoms with Crippen LogP contribution in [0.15, 0.2) is 247 Å². The van der Waals surface area contributed by atoms with Crippen molar-refractivity contribution in [2.75, 3.05) is 4.90 Å². The molecule has 0 radical (unpaired) electrons. The van der Waals surface area contributed by atoms with Gasteiger partial charge in [0.1, 0.15) is 11.2 Å². The lowest BCUT2D eigenvalue weighted by atomic mass is 9.96. The van der Waals surface area contributed by atoms with Gasteiger partial charge in [-0.3, -0.25) is 0 Å². The second kappa shape index (κ2) is 15.0. The van der Waals surface area contributed by atoms with Gasteiger partial charge >= 0.3 is 0 Å². The van der Waals surface area contributed by atoms with Crippen LogP contribution in [-0.2, 0) is 0 Å². The third-order valence-electron chi connectivity index (χ3n) is 13.2. The Morgan fingerprint density at radius 1 is 0.338 bits per heavy atom. The highest BCUT2D eigenvalue weighted by Gasteiger charge is 2.23. The molecule has 3 heteroatoms. The van der Waals surface area contributed by atoms with Gasteiger partial charge in [0.2, 0.25) is 0 Å². The van der Waals surface area contributed by atoms with E-state index >= 15 is 0 Å². The SMILES string of the molecule is c1ccc(-c2ccc(-c3ccc(N(c4ccc(-c5cccc6c5c5ccccc5n6-c5ccccc5)cc4)c4ccc5ccc6ccccc6c5c4)c4c3oc3ccccc34)cc2)cc1. The second-order valence-electron chi connectivity index (χ2n) is 16.8. The van der Waals surface area contributed by atoms with Crippen molar-refractivity contribution in [2.45, 2.75) is 0 Å². The molecule has 0 aliphatic rings. The molecule has 0 unspecified atom stereocenters. The molecule has 13 rings (SSSR count). The van der Waals surface area contributed by atoms with Crippen molar-refractivity contribution in [1.29, 1.82) is 0 Å². The van der Waals surface area contributed by atoms with Crippen LogP contribution < -0.4 is 4.90 Å². The zero-order chi connectivity index (χ0) is 42.8. The summed E-state index contributed by atoms with van der Waals surface area (Å²) >= 11 is 0. The summed E-state index contributed by atoms with van der Waals surface area (Å²) in [6.45, 7) is 0. The Bertz CT molecular complexity index is 3920. The van der Waals surface area contributed by atoms with Gasteiger partial charge in [0.25, 0.3) is 0 Å². The van der Waals surface area contributed by atoms with E-state index < -0.39 is 0 Å². The number of anilines is 3. The van der Waals surface area contributed by atoms with Crippen molar-refractivity contribution in [3.8, 4) is 39.1 Å². The van der Waals surface area contributed by atoms with Gasteiger partial charge in [0, 0.05) is 38.8 Å². The highest BCUT2D eigenvalue weighted by atomic mass is 16.3. The molecular weight excluding hydrogens is 789 g/mol. The highest BCUT2D eigenvalue weighted by molar-refractivity contribution is 6.18. The third-order valence-corrected chi connectivity index (χ3v) is 13.2. The molecule has 0 saturated carbocycles. The van der Waals surface area contributed by atoms with E-state index in [1.165, 1.54) is 60.0 Å². The van der Waals surface area contributed by atoms with E-state index in [4.69, 9.17) is 4.42 Å². The molecule has 2 aromatic heterocycles. The normalized spacial score (nSPS) is 11.7. The second-order valence-corrected chi connectivity index (χ2v) is 16.8. The molecule has 0 atom stereocenters. The van der Waals surface area contributed by atoms with Gasteiger partial charge < -0.3 is 13.9 Å². The average molecular weight is 829 g/mol. The first kappa shape index (κ1) is 36.9. The Labute approximate surface area is 376 Å². The monoisotopic (exact) mass is 828 g/mol. The summed E-state index contributed by atoms with van der Waals surface area (Å²) in [6, 6.07) is 87.6. The molecule has 13 aromatic rings. The lowest BCUT2D eigenvalue weighted by Gasteiger charge is -2.27. The quantitative estimate of drug-likeness (QED) is 0.149. The van der Waals surface area contributed by atoms with E-state index in [9.17, 15) is 0 Å². The highest BCUT2D eigenvalue weighted by Crippen LogP contribution is 2.48. The minimum absolute atomic E-state index is 0.861. The standard InChI is InChI=1S/C62H40N2O/c1-3-14-41(15-4-1)42-26-28-45(29-27-42)52-38-39-58(61-54-21-10-12-25-59(54)65-62(52)61)63(49-37-34-46-31-30-43-16-7-8-19-50(43)55(46)40-49)48-35-32-44(33-36-48)51-22-13-24-57-60(51)53-20-9-11-23-56(53)64(57)47-17-5-2-6-18-47/h1-40H. The maximum atomic E-state index is 6.90. The molecule has 0 aliphatic heterocycles. The molecule has 0 saturated heterocycles. The maximum absolute atomic E-state index is 6.90. The van der Waals surface area contributed by atoms with Gasteiger partial charge in [0.05, 0.1) is 22.1 Å². The summed E-state index contributed by atoms with van der Waals surface area (Å²) in [4.78, 5) is 2.42. The zero-order valence-corrected chi connectivity index (χ0v) is 35.4. The lowest BCUT2D eigenvalue weighted by Crippen LogP contribution is -2.10. The number of fused-ring (bicyclic) bond motifs is 9. The van der Waals surface area contributed by atoms with E-state index in [-0.39, 0.29) is 0 Å². The number of aromatic nitrogens is 1. The van der Waals surface area contributed by atoms with Crippen molar-refractivity contribution in [3.05, 3.63) is 243 Å². The first-order valence-corrected chi connectivity index (χ1v) is 22.2. The number of rotatable bonds is 7. The molecule has 0 amide bonds. The summed E-state index contributed by atoms with van der Waals surface area (Å²) < 4.78 is 9.29. The van der Waals surface area contributed by atoms with Crippen molar-refractivity contribution < 1.29 is 4.42 Å². The van der Waals surface area contributed by atoms with Gasteiger partial charge in [0.15, 0.2) is 0 Å². The van der Waals surface area contributed by atoms with Crippen molar-refractivity contribution in [1.82, 2.24) is 4.57 Å². The summed E-state index contributed by atoms with van der Waals surface area (Å²) in [7, 11) is 0. The van der Waals surface area contributed by atoms with Crippen LogP contribution in [0.5, 0.6) is 0 Å². The molecule has 0 fully saturated rings. The maximum Gasteiger partial charge on any atom is 0.145 e. The van der Waals surface area contributed by atoms with Gasteiger partial charge in [-0.15, -0.1) is 0 Å². The Kier molecular flexibility index (Phi) is 8.53. The van der Waals surface area contributed by atoms with Crippen molar-refractivity contribution in [3.63, 3.8) is 0 Å². The fourth-order valence-electron chi connectivity index (χ4n) is 10.2. The van der Waals surface area contributed by atoms with Crippen LogP contribution in [-0.4, -0.2) is 4.57 Å². The number of benzene rings is 11. The predicted octanol–water partition coefficient (Wildman–Crippen LogP) is 17.5. The Hall–Kier alpha value is -8.66. The van der Waals surface area contributed by atoms with E-state index in [1.807, 2.05) is 0 Å². The van der Waals surface area contributed by atoms with Gasteiger partial charge in [-0.05, 0) is 116 Å². The summed E-state index contributed by atoms with van der Waals surface area (Å²) in [5.74, 6) is 0. The Morgan fingerprint density at radius 2 is 0.923 bits per heavy atom. The van der Waals surface area contributed by atoms with Crippen LogP contribution in [0, 0.1) is 0 Å². The fraction of sp³-hybridized carbons (Fsp3) is 0. The van der Waals surface area contributed by atoms with E-state index in [0.717, 1.165) is 61.4 Å². The third kappa shape index (κ3) is 6.05. The van der Waals surface area contributed by atoms with Crippen LogP contribution in [0.4, 0.5) is 17.1 Å². The summed E-state index contributed by atoms with van der Waals surface area (Å²) in [5, 5.41) is 9.52. The number of para-hydroxylation sites is 3. The average Bonchev–Trinajstić information content (AvgIpc) is 3.94. The number of hydrogen-bond donors (Lipinski definition) is 0. The van der Waals surface area contributed by atoms with E-state index in [0.29, 0.717) is 0 Å². The predicted molar refractivity (Wildman–Crippen MR) is 274 cm³/mol. The molecular formula is C62H40N2O. The number of nitrogens with zero attached hydrogens (tertiary/aromatic N) is 2. The van der Waals surface area contributed by atoms with Gasteiger partial charge in [-0.1, -0.05) is 176 Å². The molecule has 11 aromatic carbocycles. The first-order chi connectivity index (χ1) is 32.2. The van der Waals surface area contributed by atoms with Crippen LogP contribution in [0.25, 0.3) is 104 Å². The molecule has 2 heterocycles. The van der Waals surface area contributed by atoms with Crippen LogP contribution in [0.2, 0.25) is 0 Å². The topological polar surface area (TPSA) is 21.3 Å². The Balaban J connectivity index is 1.01. The smallest absolute Gasteiger partial charge is 0.145 e. The fourth-order valence-corrected chi connectivity index (χ4v) is 10.2. The van der Waals surface area contributed by atoms with Crippen LogP contribution >= 0.6 is 0 Å². The van der Waals surface area contributed by atoms with Crippen molar-refractivity contribution >= 4 is 82.4 Å². The lowest BCUT2D eigenvalue weighted by molar-refractivity contribution is 0.670. The molecule has 0 N–H and O–H groups in total. The Morgan fingerprint density at radius 3 is 1.74 bits per heavy atom. The zero-order valence-electron chi connectivity index (χ0n) is 35.4. The number of furan rings is 1. The van der Waals surface area contributed by atoms with Crippen LogP contribution in [0.1, 0.15) is 0 Å². The molecule has 0 aliphatic carbocycles. The number of hydrogen-bond acceptors (Lipinski definition) is 2. The molecule has 3 nitrogen and oxygen atoms in total. The van der Waals surface area contributed by atoms with E-state index in [1.54, 1.807) is 0 Å². The van der Waals surface area contributed by atoms with Crippen LogP contribution in [0.3, 0.4) is 0 Å². The van der Waals surface area contributed by atoms with Crippen molar-refractivity contribution in [2.24, 2.45) is 0 Å². The minimum atomic E-state index is 0.861. The van der Waals surface area contributed by atoms with E-state index in [2.05, 4.69) is 252 Å². The molecule has 0 bridgehead atoms. The first-order valence-electron chi connectivity index (χ1n) is 22.2. The minimum Gasteiger partial charge on any atom is -0.455 e. The molecule has 0 spiro atoms. The largest absolute Gasteiger partial charge is 0.455 e. The molecule has 304 valence electrons. The van der Waals surface area contributed by atoms with Gasteiger partial charge in [-0.25, -0.2) is 0 Å². The molecule has 65 heavy (non-hydrogen) atoms.